The van der Waals surface area contributed by atoms with Crippen molar-refractivity contribution in [3.05, 3.63) is 45.3 Å². The summed E-state index contributed by atoms with van der Waals surface area (Å²) in [5.74, 6) is 1.04. The Morgan fingerprint density at radius 2 is 2.11 bits per heavy atom. The van der Waals surface area contributed by atoms with E-state index in [-0.39, 0.29) is 5.63 Å². The smallest absolute Gasteiger partial charge is 0.336 e. The molecule has 2 aromatic heterocycles. The molecule has 0 bridgehead atoms. The minimum absolute atomic E-state index is 0.325. The van der Waals surface area contributed by atoms with Crippen molar-refractivity contribution >= 4 is 39.2 Å². The van der Waals surface area contributed by atoms with Crippen LogP contribution in [0.3, 0.4) is 0 Å². The molecule has 1 aromatic carbocycles. The number of thioether (sulfide) groups is 1. The van der Waals surface area contributed by atoms with Gasteiger partial charge < -0.3 is 14.5 Å². The molecule has 0 saturated carbocycles. The van der Waals surface area contributed by atoms with E-state index in [2.05, 4.69) is 42.4 Å². The Hall–Kier alpha value is -1.90. The number of rotatable bonds is 8. The van der Waals surface area contributed by atoms with Crippen LogP contribution >= 0.6 is 23.1 Å². The molecule has 0 aliphatic carbocycles. The van der Waals surface area contributed by atoms with Crippen LogP contribution in [0.4, 0.5) is 5.13 Å². The molecule has 0 amide bonds. The van der Waals surface area contributed by atoms with E-state index in [1.807, 2.05) is 6.07 Å². The Morgan fingerprint density at radius 3 is 2.85 bits per heavy atom. The van der Waals surface area contributed by atoms with Crippen molar-refractivity contribution in [2.24, 2.45) is 0 Å². The first kappa shape index (κ1) is 19.9. The molecule has 0 unspecified atom stereocenters. The molecule has 0 aliphatic rings. The Morgan fingerprint density at radius 1 is 1.30 bits per heavy atom. The van der Waals surface area contributed by atoms with Gasteiger partial charge in [0.15, 0.2) is 4.34 Å². The highest BCUT2D eigenvalue weighted by Gasteiger charge is 2.13. The van der Waals surface area contributed by atoms with Crippen molar-refractivity contribution in [1.29, 1.82) is 0 Å². The van der Waals surface area contributed by atoms with Crippen molar-refractivity contribution in [3.8, 4) is 0 Å². The lowest BCUT2D eigenvalue weighted by Gasteiger charge is -2.12. The van der Waals surface area contributed by atoms with Gasteiger partial charge in [0.05, 0.1) is 6.61 Å². The number of nitrogens with one attached hydrogen (secondary N) is 1. The molecule has 1 N–H and O–H groups in total. The maximum Gasteiger partial charge on any atom is 0.336 e. The van der Waals surface area contributed by atoms with Gasteiger partial charge in [0.25, 0.3) is 0 Å². The van der Waals surface area contributed by atoms with E-state index in [1.54, 1.807) is 24.9 Å². The van der Waals surface area contributed by atoms with Crippen LogP contribution in [0, 0.1) is 6.92 Å². The molecular weight excluding hydrogens is 382 g/mol. The Kier molecular flexibility index (Phi) is 6.51. The monoisotopic (exact) mass is 405 g/mol. The summed E-state index contributed by atoms with van der Waals surface area (Å²) in [7, 11) is 1.66. The molecule has 0 fully saturated rings. The second kappa shape index (κ2) is 8.86. The number of fused-ring (bicyclic) bond motifs is 1. The summed E-state index contributed by atoms with van der Waals surface area (Å²) >= 11 is 3.06. The summed E-state index contributed by atoms with van der Waals surface area (Å²) in [6.45, 7) is 7.70. The molecule has 0 radical (unpaired) electrons. The number of methoxy groups -OCH3 is 1. The SMILES string of the molecule is COCCNc1nnc(SCc2cc(=O)oc3cc(C)c(C(C)C)cc23)s1. The number of aromatic nitrogens is 2. The van der Waals surface area contributed by atoms with Crippen LogP contribution in [0.25, 0.3) is 11.0 Å². The summed E-state index contributed by atoms with van der Waals surface area (Å²) in [5, 5.41) is 13.3. The number of ether oxygens (including phenoxy) is 1. The van der Waals surface area contributed by atoms with Gasteiger partial charge in [-0.3, -0.25) is 0 Å². The van der Waals surface area contributed by atoms with E-state index in [0.29, 0.717) is 30.4 Å². The summed E-state index contributed by atoms with van der Waals surface area (Å²) < 4.78 is 11.3. The fourth-order valence-corrected chi connectivity index (χ4v) is 4.64. The van der Waals surface area contributed by atoms with Crippen LogP contribution in [-0.2, 0) is 10.5 Å². The minimum atomic E-state index is -0.325. The maximum absolute atomic E-state index is 12.0. The molecule has 8 heteroatoms. The third-order valence-corrected chi connectivity index (χ3v) is 6.24. The van der Waals surface area contributed by atoms with Gasteiger partial charge >= 0.3 is 5.63 Å². The van der Waals surface area contributed by atoms with Gasteiger partial charge in [0, 0.05) is 30.9 Å². The van der Waals surface area contributed by atoms with E-state index in [1.165, 1.54) is 16.9 Å². The van der Waals surface area contributed by atoms with Crippen LogP contribution < -0.4 is 10.9 Å². The highest BCUT2D eigenvalue weighted by atomic mass is 32.2. The summed E-state index contributed by atoms with van der Waals surface area (Å²) in [6.07, 6.45) is 0. The molecule has 3 rings (SSSR count). The number of benzene rings is 1. The van der Waals surface area contributed by atoms with Crippen LogP contribution in [-0.4, -0.2) is 30.5 Å². The molecule has 0 spiro atoms. The van der Waals surface area contributed by atoms with Crippen molar-refractivity contribution in [2.75, 3.05) is 25.6 Å². The van der Waals surface area contributed by atoms with Gasteiger partial charge in [-0.2, -0.15) is 0 Å². The topological polar surface area (TPSA) is 77.2 Å². The summed E-state index contributed by atoms with van der Waals surface area (Å²) in [5.41, 5.74) is 3.68. The lowest BCUT2D eigenvalue weighted by molar-refractivity contribution is 0.211. The molecule has 2 heterocycles. The lowest BCUT2D eigenvalue weighted by atomic mass is 9.95. The summed E-state index contributed by atoms with van der Waals surface area (Å²) in [4.78, 5) is 12.0. The van der Waals surface area contributed by atoms with Gasteiger partial charge in [-0.1, -0.05) is 36.9 Å². The highest BCUT2D eigenvalue weighted by molar-refractivity contribution is 8.00. The third-order valence-electron chi connectivity index (χ3n) is 4.18. The predicted molar refractivity (Wildman–Crippen MR) is 111 cm³/mol. The fraction of sp³-hybridized carbons (Fsp3) is 0.421. The minimum Gasteiger partial charge on any atom is -0.423 e. The first-order valence-corrected chi connectivity index (χ1v) is 10.5. The van der Waals surface area contributed by atoms with Crippen LogP contribution in [0.2, 0.25) is 0 Å². The zero-order valence-corrected chi connectivity index (χ0v) is 17.5. The Labute approximate surface area is 166 Å². The van der Waals surface area contributed by atoms with Crippen LogP contribution in [0.1, 0.15) is 36.5 Å². The third kappa shape index (κ3) is 4.88. The molecule has 6 nitrogen and oxygen atoms in total. The second-order valence-electron chi connectivity index (χ2n) is 6.53. The van der Waals surface area contributed by atoms with Crippen molar-refractivity contribution in [2.45, 2.75) is 36.8 Å². The Balaban J connectivity index is 1.82. The predicted octanol–water partition coefficient (Wildman–Crippen LogP) is 4.43. The fourth-order valence-electron chi connectivity index (χ4n) is 2.87. The zero-order chi connectivity index (χ0) is 19.4. The van der Waals surface area contributed by atoms with Gasteiger partial charge in [0.1, 0.15) is 5.58 Å². The number of nitrogens with zero attached hydrogens (tertiary/aromatic N) is 2. The van der Waals surface area contributed by atoms with Gasteiger partial charge in [0.2, 0.25) is 5.13 Å². The average Bonchev–Trinajstić information content (AvgIpc) is 3.06. The number of hydrogen-bond donors (Lipinski definition) is 1. The average molecular weight is 406 g/mol. The normalized spacial score (nSPS) is 11.4. The van der Waals surface area contributed by atoms with E-state index >= 15 is 0 Å². The summed E-state index contributed by atoms with van der Waals surface area (Å²) in [6, 6.07) is 5.68. The van der Waals surface area contributed by atoms with Gasteiger partial charge in [-0.05, 0) is 41.7 Å². The van der Waals surface area contributed by atoms with Gasteiger partial charge in [-0.15, -0.1) is 10.2 Å². The standard InChI is InChI=1S/C19H23N3O3S2/c1-11(2)14-9-15-13(8-17(23)25-16(15)7-12(14)3)10-26-19-22-21-18(27-19)20-5-6-24-4/h7-9,11H,5-6,10H2,1-4H3,(H,20,21). The van der Waals surface area contributed by atoms with Gasteiger partial charge in [-0.25, -0.2) is 4.79 Å². The largest absolute Gasteiger partial charge is 0.423 e. The lowest BCUT2D eigenvalue weighted by Crippen LogP contribution is -2.06. The quantitative estimate of drug-likeness (QED) is 0.337. The van der Waals surface area contributed by atoms with Crippen molar-refractivity contribution in [3.63, 3.8) is 0 Å². The van der Waals surface area contributed by atoms with E-state index in [4.69, 9.17) is 9.15 Å². The molecule has 0 aliphatic heterocycles. The van der Waals surface area contributed by atoms with E-state index < -0.39 is 0 Å². The van der Waals surface area contributed by atoms with Crippen LogP contribution in [0.5, 0.6) is 0 Å². The van der Waals surface area contributed by atoms with Crippen molar-refractivity contribution < 1.29 is 9.15 Å². The van der Waals surface area contributed by atoms with E-state index in [0.717, 1.165) is 26.0 Å². The second-order valence-corrected chi connectivity index (χ2v) is 8.73. The van der Waals surface area contributed by atoms with E-state index in [9.17, 15) is 4.79 Å². The maximum atomic E-state index is 12.0. The highest BCUT2D eigenvalue weighted by Crippen LogP contribution is 2.32. The molecule has 0 atom stereocenters. The molecule has 3 aromatic rings. The van der Waals surface area contributed by atoms with Crippen molar-refractivity contribution in [1.82, 2.24) is 10.2 Å². The zero-order valence-electron chi connectivity index (χ0n) is 15.9. The number of hydrogen-bond acceptors (Lipinski definition) is 8. The Bertz CT molecular complexity index is 982. The first-order chi connectivity index (χ1) is 13.0. The molecular formula is C19H23N3O3S2. The molecule has 27 heavy (non-hydrogen) atoms. The number of aryl methyl sites for hydroxylation is 1. The molecule has 0 saturated heterocycles. The first-order valence-electron chi connectivity index (χ1n) is 8.74. The van der Waals surface area contributed by atoms with Crippen LogP contribution in [0.15, 0.2) is 31.8 Å². The molecule has 144 valence electrons. The number of anilines is 1.